The van der Waals surface area contributed by atoms with Crippen molar-refractivity contribution in [2.75, 3.05) is 19.6 Å². The fourth-order valence-electron chi connectivity index (χ4n) is 1.88. The fraction of sp³-hybridized carbons (Fsp3) is 0.615. The molecule has 0 aliphatic heterocycles. The number of amides is 2. The van der Waals surface area contributed by atoms with Crippen LogP contribution >= 0.6 is 0 Å². The number of carboxylic acid groups (broad SMARTS) is 1. The summed E-state index contributed by atoms with van der Waals surface area (Å²) in [6, 6.07) is 1.54. The molecule has 0 bridgehead atoms. The lowest BCUT2D eigenvalue weighted by Gasteiger charge is -2.23. The minimum Gasteiger partial charge on any atom is -0.480 e. The highest BCUT2D eigenvalue weighted by Gasteiger charge is 2.17. The predicted molar refractivity (Wildman–Crippen MR) is 74.4 cm³/mol. The summed E-state index contributed by atoms with van der Waals surface area (Å²) in [6.07, 6.45) is 2.36. The molecule has 0 aromatic carbocycles. The third-order valence-electron chi connectivity index (χ3n) is 2.78. The predicted octanol–water partition coefficient (Wildman–Crippen LogP) is 0.715. The topological polar surface area (TPSA) is 87.5 Å². The minimum absolute atomic E-state index is 0.220. The summed E-state index contributed by atoms with van der Waals surface area (Å²) in [4.78, 5) is 24.0. The van der Waals surface area contributed by atoms with E-state index in [4.69, 9.17) is 5.11 Å². The first-order valence-corrected chi connectivity index (χ1v) is 6.61. The molecular weight excluding hydrogens is 260 g/mol. The third kappa shape index (κ3) is 5.29. The average Bonchev–Trinajstić information content (AvgIpc) is 2.73. The third-order valence-corrected chi connectivity index (χ3v) is 2.78. The maximum absolute atomic E-state index is 12.0. The molecule has 2 amide bonds. The highest BCUT2D eigenvalue weighted by atomic mass is 16.4. The number of hydrogen-bond donors (Lipinski definition) is 2. The number of urea groups is 1. The number of hydrogen-bond acceptors (Lipinski definition) is 3. The van der Waals surface area contributed by atoms with Gasteiger partial charge in [0, 0.05) is 38.4 Å². The number of aliphatic carboxylic acids is 1. The standard InChI is InChI=1S/C13H22N4O3/c1-10(2)8-17(9-12(18)19)13(20)14-6-4-11-5-7-15-16(11)3/h5,7,10H,4,6,8-9H2,1-3H3,(H,14,20)(H,18,19). The molecular formula is C13H22N4O3. The van der Waals surface area contributed by atoms with Crippen LogP contribution in [0.25, 0.3) is 0 Å². The number of rotatable bonds is 7. The van der Waals surface area contributed by atoms with Crippen molar-refractivity contribution in [3.8, 4) is 0 Å². The zero-order valence-corrected chi connectivity index (χ0v) is 12.2. The zero-order valence-electron chi connectivity index (χ0n) is 12.2. The molecule has 0 saturated carbocycles. The Morgan fingerprint density at radius 1 is 1.50 bits per heavy atom. The summed E-state index contributed by atoms with van der Waals surface area (Å²) in [5, 5.41) is 15.6. The number of aryl methyl sites for hydroxylation is 1. The molecule has 1 heterocycles. The Morgan fingerprint density at radius 2 is 2.20 bits per heavy atom. The van der Waals surface area contributed by atoms with Gasteiger partial charge in [0.05, 0.1) is 0 Å². The Morgan fingerprint density at radius 3 is 2.70 bits per heavy atom. The molecule has 0 atom stereocenters. The van der Waals surface area contributed by atoms with Crippen molar-refractivity contribution in [1.82, 2.24) is 20.0 Å². The first kappa shape index (κ1) is 16.0. The number of nitrogens with zero attached hydrogens (tertiary/aromatic N) is 3. The van der Waals surface area contributed by atoms with Crippen LogP contribution in [0, 0.1) is 5.92 Å². The van der Waals surface area contributed by atoms with E-state index in [1.165, 1.54) is 4.90 Å². The molecule has 2 N–H and O–H groups in total. The molecule has 0 unspecified atom stereocenters. The summed E-state index contributed by atoms with van der Waals surface area (Å²) in [5.41, 5.74) is 1.01. The Bertz CT molecular complexity index is 456. The van der Waals surface area contributed by atoms with Crippen molar-refractivity contribution in [2.24, 2.45) is 13.0 Å². The summed E-state index contributed by atoms with van der Waals surface area (Å²) < 4.78 is 1.75. The number of carbonyl (C=O) groups is 2. The fourth-order valence-corrected chi connectivity index (χ4v) is 1.88. The van der Waals surface area contributed by atoms with E-state index in [9.17, 15) is 9.59 Å². The first-order valence-electron chi connectivity index (χ1n) is 6.61. The normalized spacial score (nSPS) is 10.6. The Kier molecular flexibility index (Phi) is 6.02. The van der Waals surface area contributed by atoms with Crippen molar-refractivity contribution in [3.05, 3.63) is 18.0 Å². The maximum atomic E-state index is 12.0. The number of aromatic nitrogens is 2. The van der Waals surface area contributed by atoms with Crippen LogP contribution in [0.15, 0.2) is 12.3 Å². The van der Waals surface area contributed by atoms with Crippen LogP contribution in [0.5, 0.6) is 0 Å². The van der Waals surface area contributed by atoms with Crippen LogP contribution in [0.2, 0.25) is 0 Å². The van der Waals surface area contributed by atoms with Crippen molar-refractivity contribution < 1.29 is 14.7 Å². The molecule has 1 aromatic heterocycles. The minimum atomic E-state index is -1.01. The van der Waals surface area contributed by atoms with Crippen LogP contribution in [0.3, 0.4) is 0 Å². The molecule has 0 spiro atoms. The second-order valence-corrected chi connectivity index (χ2v) is 5.10. The summed E-state index contributed by atoms with van der Waals surface area (Å²) in [6.45, 7) is 4.47. The second-order valence-electron chi connectivity index (χ2n) is 5.10. The van der Waals surface area contributed by atoms with Gasteiger partial charge in [-0.2, -0.15) is 5.10 Å². The van der Waals surface area contributed by atoms with E-state index in [2.05, 4.69) is 10.4 Å². The van der Waals surface area contributed by atoms with Gasteiger partial charge in [0.15, 0.2) is 0 Å². The lowest BCUT2D eigenvalue weighted by molar-refractivity contribution is -0.137. The van der Waals surface area contributed by atoms with E-state index in [1.807, 2.05) is 27.0 Å². The molecule has 1 rings (SSSR count). The summed E-state index contributed by atoms with van der Waals surface area (Å²) in [7, 11) is 1.84. The van der Waals surface area contributed by atoms with E-state index in [0.717, 1.165) is 5.69 Å². The lowest BCUT2D eigenvalue weighted by atomic mass is 10.2. The van der Waals surface area contributed by atoms with E-state index in [-0.39, 0.29) is 18.5 Å². The van der Waals surface area contributed by atoms with Gasteiger partial charge in [0.1, 0.15) is 6.54 Å². The van der Waals surface area contributed by atoms with Crippen LogP contribution in [0.1, 0.15) is 19.5 Å². The summed E-state index contributed by atoms with van der Waals surface area (Å²) in [5.74, 6) is -0.787. The largest absolute Gasteiger partial charge is 0.480 e. The lowest BCUT2D eigenvalue weighted by Crippen LogP contribution is -2.45. The highest BCUT2D eigenvalue weighted by Crippen LogP contribution is 2.00. The molecule has 0 aliphatic carbocycles. The molecule has 20 heavy (non-hydrogen) atoms. The van der Waals surface area contributed by atoms with Gasteiger partial charge in [-0.25, -0.2) is 4.79 Å². The highest BCUT2D eigenvalue weighted by molar-refractivity contribution is 5.80. The molecule has 0 aliphatic rings. The van der Waals surface area contributed by atoms with Crippen LogP contribution in [-0.2, 0) is 18.3 Å². The van der Waals surface area contributed by atoms with Gasteiger partial charge in [-0.05, 0) is 12.0 Å². The van der Waals surface area contributed by atoms with Crippen molar-refractivity contribution in [2.45, 2.75) is 20.3 Å². The molecule has 0 fully saturated rings. The van der Waals surface area contributed by atoms with Gasteiger partial charge >= 0.3 is 12.0 Å². The number of nitrogens with one attached hydrogen (secondary N) is 1. The molecule has 7 heteroatoms. The van der Waals surface area contributed by atoms with E-state index >= 15 is 0 Å². The van der Waals surface area contributed by atoms with E-state index in [0.29, 0.717) is 19.5 Å². The van der Waals surface area contributed by atoms with Gasteiger partial charge < -0.3 is 15.3 Å². The molecule has 1 aromatic rings. The van der Waals surface area contributed by atoms with E-state index in [1.54, 1.807) is 10.9 Å². The van der Waals surface area contributed by atoms with E-state index < -0.39 is 5.97 Å². The van der Waals surface area contributed by atoms with Gasteiger partial charge in [-0.3, -0.25) is 9.48 Å². The smallest absolute Gasteiger partial charge is 0.323 e. The van der Waals surface area contributed by atoms with Gasteiger partial charge in [0.2, 0.25) is 0 Å². The molecule has 0 radical (unpaired) electrons. The Labute approximate surface area is 118 Å². The van der Waals surface area contributed by atoms with Crippen LogP contribution in [0.4, 0.5) is 4.79 Å². The van der Waals surface area contributed by atoms with Crippen molar-refractivity contribution in [3.63, 3.8) is 0 Å². The number of carbonyl (C=O) groups excluding carboxylic acids is 1. The monoisotopic (exact) mass is 282 g/mol. The second kappa shape index (κ2) is 7.52. The van der Waals surface area contributed by atoms with Crippen molar-refractivity contribution >= 4 is 12.0 Å². The number of carboxylic acids is 1. The quantitative estimate of drug-likeness (QED) is 0.771. The summed E-state index contributed by atoms with van der Waals surface area (Å²) >= 11 is 0. The Balaban J connectivity index is 2.45. The molecule has 0 saturated heterocycles. The average molecular weight is 282 g/mol. The van der Waals surface area contributed by atoms with Crippen LogP contribution in [-0.4, -0.2) is 51.4 Å². The zero-order chi connectivity index (χ0) is 15.1. The first-order chi connectivity index (χ1) is 9.40. The van der Waals surface area contributed by atoms with Gasteiger partial charge in [0.25, 0.3) is 0 Å². The van der Waals surface area contributed by atoms with Crippen LogP contribution < -0.4 is 5.32 Å². The molecule has 112 valence electrons. The van der Waals surface area contributed by atoms with Gasteiger partial charge in [-0.15, -0.1) is 0 Å². The Hall–Kier alpha value is -2.05. The maximum Gasteiger partial charge on any atom is 0.323 e. The van der Waals surface area contributed by atoms with Crippen molar-refractivity contribution in [1.29, 1.82) is 0 Å². The van der Waals surface area contributed by atoms with Gasteiger partial charge in [-0.1, -0.05) is 13.8 Å². The molecule has 7 nitrogen and oxygen atoms in total. The SMILES string of the molecule is CC(C)CN(CC(=O)O)C(=O)NCCc1ccnn1C.